The maximum atomic E-state index is 12.4. The predicted molar refractivity (Wildman–Crippen MR) is 98.3 cm³/mol. The molecule has 25 heavy (non-hydrogen) atoms. The molecule has 0 aliphatic heterocycles. The molecule has 0 atom stereocenters. The molecule has 0 amide bonds. The molecule has 0 aliphatic carbocycles. The van der Waals surface area contributed by atoms with Gasteiger partial charge >= 0.3 is 10.1 Å². The van der Waals surface area contributed by atoms with E-state index in [9.17, 15) is 8.42 Å². The topological polar surface area (TPSA) is 69.2 Å². The number of benzene rings is 2. The van der Waals surface area contributed by atoms with Gasteiger partial charge in [-0.1, -0.05) is 37.4 Å². The first-order valence-corrected chi connectivity index (χ1v) is 9.93. The van der Waals surface area contributed by atoms with Crippen molar-refractivity contribution in [3.63, 3.8) is 0 Å². The van der Waals surface area contributed by atoms with Crippen molar-refractivity contribution in [2.75, 3.05) is 0 Å². The van der Waals surface area contributed by atoms with Crippen LogP contribution in [0.4, 0.5) is 0 Å². The molecule has 0 N–H and O–H groups in total. The maximum Gasteiger partial charge on any atom is 0.339 e. The summed E-state index contributed by atoms with van der Waals surface area (Å²) in [5.41, 5.74) is 2.63. The highest BCUT2D eigenvalue weighted by Crippen LogP contribution is 2.26. The zero-order valence-electron chi connectivity index (χ0n) is 14.1. The third-order valence-electron chi connectivity index (χ3n) is 3.73. The van der Waals surface area contributed by atoms with Crippen LogP contribution < -0.4 is 4.18 Å². The van der Waals surface area contributed by atoms with E-state index >= 15 is 0 Å². The van der Waals surface area contributed by atoms with Gasteiger partial charge < -0.3 is 4.18 Å². The van der Waals surface area contributed by atoms with Gasteiger partial charge in [-0.05, 0) is 58.9 Å². The minimum absolute atomic E-state index is 0.0382. The van der Waals surface area contributed by atoms with Gasteiger partial charge in [-0.3, -0.25) is 0 Å². The first-order chi connectivity index (χ1) is 11.8. The Kier molecular flexibility index (Phi) is 4.62. The van der Waals surface area contributed by atoms with Crippen molar-refractivity contribution < 1.29 is 12.6 Å². The molecule has 0 unspecified atom stereocenters. The zero-order chi connectivity index (χ0) is 18.1. The van der Waals surface area contributed by atoms with E-state index in [0.717, 1.165) is 16.8 Å². The third kappa shape index (κ3) is 4.05. The number of hydrogen-bond donors (Lipinski definition) is 0. The van der Waals surface area contributed by atoms with Crippen LogP contribution in [0.15, 0.2) is 58.8 Å². The van der Waals surface area contributed by atoms with E-state index in [0.29, 0.717) is 0 Å². The van der Waals surface area contributed by atoms with E-state index in [-0.39, 0.29) is 16.1 Å². The van der Waals surface area contributed by atoms with Crippen LogP contribution in [0.1, 0.15) is 26.3 Å². The number of rotatable bonds is 4. The summed E-state index contributed by atoms with van der Waals surface area (Å²) in [5.74, 6) is 0.256. The minimum Gasteiger partial charge on any atom is -0.379 e. The Morgan fingerprint density at radius 1 is 0.960 bits per heavy atom. The predicted octanol–water partition coefficient (Wildman–Crippen LogP) is 4.27. The normalized spacial score (nSPS) is 12.1. The highest BCUT2D eigenvalue weighted by Gasteiger charge is 2.19. The minimum atomic E-state index is -3.87. The summed E-state index contributed by atoms with van der Waals surface area (Å²) in [6, 6.07) is 13.5. The molecule has 1 aromatic heterocycles. The van der Waals surface area contributed by atoms with Gasteiger partial charge in [0.25, 0.3) is 0 Å². The van der Waals surface area contributed by atoms with Crippen molar-refractivity contribution in [1.82, 2.24) is 9.59 Å². The van der Waals surface area contributed by atoms with Crippen molar-refractivity contribution in [3.05, 3.63) is 59.5 Å². The van der Waals surface area contributed by atoms with Gasteiger partial charge in [0.15, 0.2) is 0 Å². The zero-order valence-corrected chi connectivity index (χ0v) is 15.8. The second kappa shape index (κ2) is 6.57. The SMILES string of the molecule is CC(C)(C)c1ccc(S(=O)(=O)Oc2ccc(-c3csnn3)cc2)cc1. The van der Waals surface area contributed by atoms with Crippen LogP contribution in [-0.4, -0.2) is 18.0 Å². The average Bonchev–Trinajstić information content (AvgIpc) is 3.09. The number of aromatic nitrogens is 2. The average molecular weight is 374 g/mol. The van der Waals surface area contributed by atoms with Crippen molar-refractivity contribution >= 4 is 21.7 Å². The van der Waals surface area contributed by atoms with Crippen LogP contribution in [-0.2, 0) is 15.5 Å². The van der Waals surface area contributed by atoms with Crippen LogP contribution in [0.5, 0.6) is 5.75 Å². The van der Waals surface area contributed by atoms with Gasteiger partial charge in [-0.25, -0.2) is 0 Å². The molecule has 0 spiro atoms. The first-order valence-electron chi connectivity index (χ1n) is 7.68. The van der Waals surface area contributed by atoms with Crippen molar-refractivity contribution in [2.45, 2.75) is 31.1 Å². The molecule has 3 rings (SSSR count). The van der Waals surface area contributed by atoms with Crippen LogP contribution >= 0.6 is 11.5 Å². The quantitative estimate of drug-likeness (QED) is 0.638. The number of hydrogen-bond acceptors (Lipinski definition) is 6. The molecule has 0 bridgehead atoms. The fraction of sp³-hybridized carbons (Fsp3) is 0.222. The van der Waals surface area contributed by atoms with Crippen LogP contribution in [0.2, 0.25) is 0 Å². The highest BCUT2D eigenvalue weighted by molar-refractivity contribution is 7.87. The standard InChI is InChI=1S/C18H18N2O3S2/c1-18(2,3)14-6-10-16(11-7-14)25(21,22)23-15-8-4-13(5-9-15)17-12-24-20-19-17/h4-12H,1-3H3. The fourth-order valence-corrected chi connectivity index (χ4v) is 3.66. The van der Waals surface area contributed by atoms with Gasteiger partial charge in [-0.15, -0.1) is 5.10 Å². The second-order valence-electron chi connectivity index (χ2n) is 6.63. The van der Waals surface area contributed by atoms with Crippen molar-refractivity contribution in [3.8, 4) is 17.0 Å². The summed E-state index contributed by atoms with van der Waals surface area (Å²) < 4.78 is 33.9. The van der Waals surface area contributed by atoms with Crippen LogP contribution in [0.3, 0.4) is 0 Å². The van der Waals surface area contributed by atoms with Crippen molar-refractivity contribution in [1.29, 1.82) is 0 Å². The van der Waals surface area contributed by atoms with E-state index in [1.54, 1.807) is 36.4 Å². The Bertz CT molecular complexity index is 941. The molecule has 7 heteroatoms. The van der Waals surface area contributed by atoms with E-state index < -0.39 is 10.1 Å². The van der Waals surface area contributed by atoms with E-state index in [2.05, 4.69) is 30.4 Å². The summed E-state index contributed by atoms with van der Waals surface area (Å²) in [4.78, 5) is 0.133. The first kappa shape index (κ1) is 17.6. The van der Waals surface area contributed by atoms with Crippen LogP contribution in [0, 0.1) is 0 Å². The molecule has 1 heterocycles. The van der Waals surface area contributed by atoms with Gasteiger partial charge in [0.05, 0.1) is 0 Å². The van der Waals surface area contributed by atoms with Gasteiger partial charge in [0, 0.05) is 10.9 Å². The Hall–Kier alpha value is -2.25. The lowest BCUT2D eigenvalue weighted by Crippen LogP contribution is -2.13. The summed E-state index contributed by atoms with van der Waals surface area (Å²) in [7, 11) is -3.87. The molecule has 2 aromatic carbocycles. The lowest BCUT2D eigenvalue weighted by atomic mass is 9.87. The summed E-state index contributed by atoms with van der Waals surface area (Å²) in [5, 5.41) is 5.80. The second-order valence-corrected chi connectivity index (χ2v) is 8.78. The Morgan fingerprint density at radius 2 is 1.60 bits per heavy atom. The Balaban J connectivity index is 1.79. The highest BCUT2D eigenvalue weighted by atomic mass is 32.2. The Morgan fingerprint density at radius 3 is 2.12 bits per heavy atom. The lowest BCUT2D eigenvalue weighted by molar-refractivity contribution is 0.486. The Labute approximate surface area is 151 Å². The van der Waals surface area contributed by atoms with Gasteiger partial charge in [0.1, 0.15) is 16.3 Å². The molecular formula is C18H18N2O3S2. The molecule has 0 fully saturated rings. The van der Waals surface area contributed by atoms with Gasteiger partial charge in [0.2, 0.25) is 0 Å². The van der Waals surface area contributed by atoms with Crippen LogP contribution in [0.25, 0.3) is 11.3 Å². The molecule has 0 radical (unpaired) electrons. The van der Waals surface area contributed by atoms with E-state index in [1.165, 1.54) is 11.5 Å². The number of nitrogens with zero attached hydrogens (tertiary/aromatic N) is 2. The molecule has 5 nitrogen and oxygen atoms in total. The molecule has 0 saturated carbocycles. The smallest absolute Gasteiger partial charge is 0.339 e. The molecule has 0 saturated heterocycles. The summed E-state index contributed by atoms with van der Waals surface area (Å²) in [6.45, 7) is 6.23. The third-order valence-corrected chi connectivity index (χ3v) is 5.49. The van der Waals surface area contributed by atoms with E-state index in [4.69, 9.17) is 4.18 Å². The molecular weight excluding hydrogens is 356 g/mol. The maximum absolute atomic E-state index is 12.4. The van der Waals surface area contributed by atoms with Gasteiger partial charge in [-0.2, -0.15) is 8.42 Å². The fourth-order valence-electron chi connectivity index (χ4n) is 2.27. The summed E-state index contributed by atoms with van der Waals surface area (Å²) >= 11 is 1.26. The lowest BCUT2D eigenvalue weighted by Gasteiger charge is -2.19. The summed E-state index contributed by atoms with van der Waals surface area (Å²) in [6.07, 6.45) is 0. The monoisotopic (exact) mass is 374 g/mol. The van der Waals surface area contributed by atoms with Crippen molar-refractivity contribution in [2.24, 2.45) is 0 Å². The largest absolute Gasteiger partial charge is 0.379 e. The molecule has 0 aliphatic rings. The molecule has 130 valence electrons. The molecule has 3 aromatic rings. The van der Waals surface area contributed by atoms with E-state index in [1.807, 2.05) is 17.5 Å².